The van der Waals surface area contributed by atoms with E-state index in [0.717, 1.165) is 67.2 Å². The van der Waals surface area contributed by atoms with Gasteiger partial charge in [-0.05, 0) is 82.2 Å². The predicted octanol–water partition coefficient (Wildman–Crippen LogP) is 5.58. The monoisotopic (exact) mass is 504 g/mol. The first-order valence-corrected chi connectivity index (χ1v) is 13.2. The summed E-state index contributed by atoms with van der Waals surface area (Å²) in [4.78, 5) is 16.8. The van der Waals surface area contributed by atoms with Gasteiger partial charge in [0, 0.05) is 37.1 Å². The van der Waals surface area contributed by atoms with Gasteiger partial charge in [-0.1, -0.05) is 6.07 Å². The average molecular weight is 505 g/mol. The number of hydrogen-bond donors (Lipinski definition) is 2. The van der Waals surface area contributed by atoms with Gasteiger partial charge < -0.3 is 19.9 Å². The Morgan fingerprint density at radius 1 is 1.19 bits per heavy atom. The van der Waals surface area contributed by atoms with Crippen molar-refractivity contribution in [2.24, 2.45) is 0 Å². The van der Waals surface area contributed by atoms with Crippen LogP contribution in [0, 0.1) is 6.92 Å². The summed E-state index contributed by atoms with van der Waals surface area (Å²) in [6.07, 6.45) is 9.25. The molecule has 3 heterocycles. The third-order valence-corrected chi connectivity index (χ3v) is 7.65. The van der Waals surface area contributed by atoms with Crippen molar-refractivity contribution in [2.45, 2.75) is 70.3 Å². The maximum atomic E-state index is 12.3. The van der Waals surface area contributed by atoms with Crippen LogP contribution in [0.15, 0.2) is 42.7 Å². The van der Waals surface area contributed by atoms with Crippen LogP contribution < -0.4 is 10.1 Å². The van der Waals surface area contributed by atoms with Crippen LogP contribution in [0.3, 0.4) is 0 Å². The Balaban J connectivity index is 1.38. The highest BCUT2D eigenvalue weighted by atomic mass is 16.5. The number of ether oxygens (including phenoxy) is 2. The fourth-order valence-corrected chi connectivity index (χ4v) is 4.95. The molecular weight excluding hydrogens is 468 g/mol. The smallest absolute Gasteiger partial charge is 0.168 e. The van der Waals surface area contributed by atoms with E-state index in [-0.39, 0.29) is 5.78 Å². The number of aryl methyl sites for hydroxylation is 1. The van der Waals surface area contributed by atoms with Crippen LogP contribution in [0.4, 0.5) is 11.5 Å². The fourth-order valence-electron chi connectivity index (χ4n) is 4.95. The zero-order valence-electron chi connectivity index (χ0n) is 21.9. The van der Waals surface area contributed by atoms with E-state index in [4.69, 9.17) is 14.6 Å². The summed E-state index contributed by atoms with van der Waals surface area (Å²) in [7, 11) is 0. The lowest BCUT2D eigenvalue weighted by atomic mass is 9.80. The molecule has 8 nitrogen and oxygen atoms in total. The minimum atomic E-state index is -0.795. The lowest BCUT2D eigenvalue weighted by Crippen LogP contribution is -2.31. The van der Waals surface area contributed by atoms with Crippen molar-refractivity contribution >= 4 is 17.3 Å². The minimum absolute atomic E-state index is 0.222. The first-order valence-electron chi connectivity index (χ1n) is 13.2. The molecule has 1 saturated heterocycles. The highest BCUT2D eigenvalue weighted by molar-refractivity contribution is 5.90. The first kappa shape index (κ1) is 25.4. The predicted molar refractivity (Wildman–Crippen MR) is 142 cm³/mol. The second-order valence-corrected chi connectivity index (χ2v) is 10.7. The number of carbonyl (C=O) groups excluding carboxylic acids is 1. The number of pyridine rings is 1. The van der Waals surface area contributed by atoms with E-state index in [0.29, 0.717) is 23.5 Å². The molecule has 0 atom stereocenters. The van der Waals surface area contributed by atoms with E-state index in [2.05, 4.69) is 21.2 Å². The van der Waals surface area contributed by atoms with Gasteiger partial charge in [0.2, 0.25) is 0 Å². The summed E-state index contributed by atoms with van der Waals surface area (Å²) in [6, 6.07) is 10.1. The molecule has 2 aromatic heterocycles. The number of nitrogens with one attached hydrogen (secondary N) is 1. The van der Waals surface area contributed by atoms with Gasteiger partial charge in [0.25, 0.3) is 0 Å². The molecule has 0 spiro atoms. The molecule has 0 unspecified atom stereocenters. The Morgan fingerprint density at radius 3 is 2.68 bits per heavy atom. The molecule has 37 heavy (non-hydrogen) atoms. The van der Waals surface area contributed by atoms with Crippen molar-refractivity contribution in [3.63, 3.8) is 0 Å². The van der Waals surface area contributed by atoms with Crippen molar-refractivity contribution in [1.82, 2.24) is 14.8 Å². The lowest BCUT2D eigenvalue weighted by Gasteiger charge is -2.25. The van der Waals surface area contributed by atoms with Crippen molar-refractivity contribution in [2.75, 3.05) is 25.1 Å². The Hall–Kier alpha value is -3.23. The summed E-state index contributed by atoms with van der Waals surface area (Å²) in [6.45, 7) is 6.66. The number of ketones is 1. The van der Waals surface area contributed by atoms with E-state index < -0.39 is 12.0 Å². The third kappa shape index (κ3) is 5.55. The van der Waals surface area contributed by atoms with E-state index in [1.807, 2.05) is 51.1 Å². The Morgan fingerprint density at radius 2 is 1.97 bits per heavy atom. The average Bonchev–Trinajstić information content (AvgIpc) is 3.25. The number of benzene rings is 1. The SMILES string of the molecule is Cc1cc(Nc2cc(Oc3cn(C4CCC4)nc3C3CCOCC3)ccn2)cc(C(C)(C)C(=O)CO)c1. The molecule has 2 N–H and O–H groups in total. The molecule has 2 fully saturated rings. The number of carbonyl (C=O) groups is 1. The van der Waals surface area contributed by atoms with Gasteiger partial charge in [0.05, 0.1) is 17.7 Å². The third-order valence-electron chi connectivity index (χ3n) is 7.65. The van der Waals surface area contributed by atoms with E-state index in [1.54, 1.807) is 6.20 Å². The summed E-state index contributed by atoms with van der Waals surface area (Å²) >= 11 is 0. The van der Waals surface area contributed by atoms with Gasteiger partial charge in [-0.25, -0.2) is 4.98 Å². The Labute approximate surface area is 218 Å². The molecule has 2 aliphatic rings. The van der Waals surface area contributed by atoms with Gasteiger partial charge in [0.15, 0.2) is 11.5 Å². The van der Waals surface area contributed by atoms with Crippen LogP contribution in [0.5, 0.6) is 11.5 Å². The quantitative estimate of drug-likeness (QED) is 0.392. The second kappa shape index (κ2) is 10.6. The number of anilines is 2. The normalized spacial score (nSPS) is 16.9. The molecule has 0 radical (unpaired) electrons. The van der Waals surface area contributed by atoms with Gasteiger partial charge in [-0.2, -0.15) is 5.10 Å². The van der Waals surface area contributed by atoms with Crippen molar-refractivity contribution in [1.29, 1.82) is 0 Å². The maximum Gasteiger partial charge on any atom is 0.168 e. The van der Waals surface area contributed by atoms with Crippen molar-refractivity contribution in [3.8, 4) is 11.5 Å². The largest absolute Gasteiger partial charge is 0.454 e. The van der Waals surface area contributed by atoms with E-state index in [9.17, 15) is 9.90 Å². The number of Topliss-reactive ketones (excluding diaryl/α,β-unsaturated/α-hetero) is 1. The standard InChI is InChI=1S/C29H36N4O4/c1-19-13-21(29(2,3)26(35)18-34)15-22(14-19)31-27-16-24(7-10-30-27)37-25-17-33(23-5-4-6-23)32-28(25)20-8-11-36-12-9-20/h7,10,13-17,20,23,34H,4-6,8-9,11-12,18H2,1-3H3,(H,30,31). The summed E-state index contributed by atoms with van der Waals surface area (Å²) in [5, 5.41) is 17.7. The highest BCUT2D eigenvalue weighted by Gasteiger charge is 2.30. The number of rotatable bonds is 9. The molecule has 0 bridgehead atoms. The zero-order valence-corrected chi connectivity index (χ0v) is 21.9. The number of hydrogen-bond acceptors (Lipinski definition) is 7. The van der Waals surface area contributed by atoms with Gasteiger partial charge in [-0.3, -0.25) is 9.48 Å². The van der Waals surface area contributed by atoms with Crippen LogP contribution in [0.2, 0.25) is 0 Å². The number of aliphatic hydroxyl groups excluding tert-OH is 1. The molecule has 5 rings (SSSR count). The molecule has 0 amide bonds. The van der Waals surface area contributed by atoms with Gasteiger partial charge in [-0.15, -0.1) is 0 Å². The molecule has 1 aromatic carbocycles. The molecule has 1 saturated carbocycles. The van der Waals surface area contributed by atoms with Crippen molar-refractivity contribution in [3.05, 3.63) is 59.5 Å². The van der Waals surface area contributed by atoms with E-state index >= 15 is 0 Å². The number of aromatic nitrogens is 3. The van der Waals surface area contributed by atoms with Crippen molar-refractivity contribution < 1.29 is 19.4 Å². The van der Waals surface area contributed by atoms with Crippen LogP contribution in [0.1, 0.15) is 74.7 Å². The first-order chi connectivity index (χ1) is 17.8. The highest BCUT2D eigenvalue weighted by Crippen LogP contribution is 2.39. The Kier molecular flexibility index (Phi) is 7.31. The summed E-state index contributed by atoms with van der Waals surface area (Å²) in [5.41, 5.74) is 2.89. The number of nitrogens with zero attached hydrogens (tertiary/aromatic N) is 3. The zero-order chi connectivity index (χ0) is 26.0. The van der Waals surface area contributed by atoms with Gasteiger partial charge in [0.1, 0.15) is 23.9 Å². The number of aliphatic hydroxyl groups is 1. The van der Waals surface area contributed by atoms with Crippen LogP contribution >= 0.6 is 0 Å². The lowest BCUT2D eigenvalue weighted by molar-refractivity contribution is -0.126. The summed E-state index contributed by atoms with van der Waals surface area (Å²) in [5.74, 6) is 2.24. The van der Waals surface area contributed by atoms with Gasteiger partial charge >= 0.3 is 0 Å². The van der Waals surface area contributed by atoms with Crippen LogP contribution in [0.25, 0.3) is 0 Å². The van der Waals surface area contributed by atoms with Crippen LogP contribution in [-0.4, -0.2) is 45.5 Å². The van der Waals surface area contributed by atoms with Crippen LogP contribution in [-0.2, 0) is 14.9 Å². The molecule has 1 aliphatic heterocycles. The topological polar surface area (TPSA) is 98.5 Å². The Bertz CT molecular complexity index is 1260. The second-order valence-electron chi connectivity index (χ2n) is 10.7. The molecule has 8 heteroatoms. The maximum absolute atomic E-state index is 12.3. The molecule has 196 valence electrons. The molecule has 1 aliphatic carbocycles. The minimum Gasteiger partial charge on any atom is -0.454 e. The molecule has 3 aromatic rings. The van der Waals surface area contributed by atoms with E-state index in [1.165, 1.54) is 6.42 Å². The fraction of sp³-hybridized carbons (Fsp3) is 0.483. The molecular formula is C29H36N4O4. The summed E-state index contributed by atoms with van der Waals surface area (Å²) < 4.78 is 14.1.